The largest absolute Gasteiger partial charge is 0.337 e. The minimum absolute atomic E-state index is 0. The second-order valence-electron chi connectivity index (χ2n) is 6.11. The maximum atomic E-state index is 12.6. The summed E-state index contributed by atoms with van der Waals surface area (Å²) in [5, 5.41) is 3.33. The molecular formula is C17H27ClN2O. The molecule has 2 atom stereocenters. The van der Waals surface area contributed by atoms with Crippen molar-refractivity contribution in [2.45, 2.75) is 39.2 Å². The monoisotopic (exact) mass is 310 g/mol. The first-order valence-corrected chi connectivity index (χ1v) is 7.64. The number of carbonyl (C=O) groups is 1. The van der Waals surface area contributed by atoms with Crippen molar-refractivity contribution in [1.29, 1.82) is 0 Å². The van der Waals surface area contributed by atoms with Crippen LogP contribution in [0.3, 0.4) is 0 Å². The van der Waals surface area contributed by atoms with Gasteiger partial charge in [-0.2, -0.15) is 0 Å². The number of benzene rings is 1. The minimum atomic E-state index is 0. The van der Waals surface area contributed by atoms with E-state index in [2.05, 4.69) is 50.4 Å². The van der Waals surface area contributed by atoms with E-state index >= 15 is 0 Å². The summed E-state index contributed by atoms with van der Waals surface area (Å²) in [5.74, 6) is 1.08. The van der Waals surface area contributed by atoms with Crippen LogP contribution in [0.4, 0.5) is 0 Å². The summed E-state index contributed by atoms with van der Waals surface area (Å²) in [6, 6.07) is 10.7. The molecule has 1 aromatic rings. The second-order valence-corrected chi connectivity index (χ2v) is 6.11. The van der Waals surface area contributed by atoms with E-state index in [1.807, 2.05) is 11.0 Å². The summed E-state index contributed by atoms with van der Waals surface area (Å²) >= 11 is 0. The molecule has 1 amide bonds. The third-order valence-electron chi connectivity index (χ3n) is 4.25. The van der Waals surface area contributed by atoms with Crippen molar-refractivity contribution < 1.29 is 4.79 Å². The van der Waals surface area contributed by atoms with Gasteiger partial charge in [0.1, 0.15) is 0 Å². The summed E-state index contributed by atoms with van der Waals surface area (Å²) in [6.45, 7) is 9.17. The maximum Gasteiger partial charge on any atom is 0.223 e. The Bertz CT molecular complexity index is 436. The van der Waals surface area contributed by atoms with Crippen molar-refractivity contribution in [3.05, 3.63) is 35.9 Å². The van der Waals surface area contributed by atoms with Crippen LogP contribution in [0.15, 0.2) is 30.3 Å². The Labute approximate surface area is 134 Å². The van der Waals surface area contributed by atoms with Gasteiger partial charge in [0.25, 0.3) is 0 Å². The zero-order chi connectivity index (χ0) is 14.5. The number of amides is 1. The Morgan fingerprint density at radius 2 is 2.00 bits per heavy atom. The van der Waals surface area contributed by atoms with Gasteiger partial charge in [-0.25, -0.2) is 0 Å². The Morgan fingerprint density at radius 1 is 1.33 bits per heavy atom. The zero-order valence-corrected chi connectivity index (χ0v) is 14.0. The predicted molar refractivity (Wildman–Crippen MR) is 89.9 cm³/mol. The Kier molecular flexibility index (Phi) is 7.20. The van der Waals surface area contributed by atoms with Gasteiger partial charge in [0.2, 0.25) is 5.91 Å². The van der Waals surface area contributed by atoms with E-state index in [4.69, 9.17) is 0 Å². The molecule has 0 radical (unpaired) electrons. The number of piperazine rings is 1. The van der Waals surface area contributed by atoms with Gasteiger partial charge < -0.3 is 10.2 Å². The van der Waals surface area contributed by atoms with Crippen molar-refractivity contribution in [2.24, 2.45) is 5.92 Å². The van der Waals surface area contributed by atoms with E-state index in [9.17, 15) is 4.79 Å². The Morgan fingerprint density at radius 3 is 2.57 bits per heavy atom. The molecule has 1 saturated heterocycles. The van der Waals surface area contributed by atoms with Crippen LogP contribution in [0.2, 0.25) is 0 Å². The van der Waals surface area contributed by atoms with Gasteiger partial charge in [0.05, 0.1) is 0 Å². The molecule has 1 heterocycles. The summed E-state index contributed by atoms with van der Waals surface area (Å²) in [4.78, 5) is 14.6. The molecule has 0 aliphatic carbocycles. The third kappa shape index (κ3) is 4.72. The van der Waals surface area contributed by atoms with E-state index in [0.29, 0.717) is 30.2 Å². The first-order valence-electron chi connectivity index (χ1n) is 7.64. The van der Waals surface area contributed by atoms with Crippen molar-refractivity contribution in [2.75, 3.05) is 19.6 Å². The summed E-state index contributed by atoms with van der Waals surface area (Å²) in [5.41, 5.74) is 1.28. The molecule has 118 valence electrons. The van der Waals surface area contributed by atoms with Crippen molar-refractivity contribution in [3.63, 3.8) is 0 Å². The first kappa shape index (κ1) is 18.0. The van der Waals surface area contributed by atoms with E-state index in [1.165, 1.54) is 5.56 Å². The third-order valence-corrected chi connectivity index (χ3v) is 4.25. The molecule has 1 aliphatic heterocycles. The standard InChI is InChI=1S/C17H26N2O.ClH/c1-13(2)16(15-7-5-4-6-8-15)11-17(20)19-10-9-18-12-14(19)3;/h4-8,13-14,16,18H,9-12H2,1-3H3;1H. The molecule has 0 spiro atoms. The van der Waals surface area contributed by atoms with Crippen LogP contribution in [-0.4, -0.2) is 36.5 Å². The molecule has 2 unspecified atom stereocenters. The summed E-state index contributed by atoms with van der Waals surface area (Å²) in [7, 11) is 0. The van der Waals surface area contributed by atoms with Crippen LogP contribution >= 0.6 is 12.4 Å². The van der Waals surface area contributed by atoms with Gasteiger partial charge in [-0.1, -0.05) is 44.2 Å². The number of hydrogen-bond acceptors (Lipinski definition) is 2. The second kappa shape index (κ2) is 8.40. The summed E-state index contributed by atoms with van der Waals surface area (Å²) < 4.78 is 0. The lowest BCUT2D eigenvalue weighted by molar-refractivity contribution is -0.134. The zero-order valence-electron chi connectivity index (χ0n) is 13.2. The van der Waals surface area contributed by atoms with Crippen LogP contribution in [0, 0.1) is 5.92 Å². The van der Waals surface area contributed by atoms with Gasteiger partial charge in [-0.15, -0.1) is 12.4 Å². The normalized spacial score (nSPS) is 20.0. The number of nitrogens with zero attached hydrogens (tertiary/aromatic N) is 1. The van der Waals surface area contributed by atoms with Gasteiger partial charge in [-0.3, -0.25) is 4.79 Å². The molecular weight excluding hydrogens is 284 g/mol. The van der Waals surface area contributed by atoms with E-state index < -0.39 is 0 Å². The number of nitrogens with one attached hydrogen (secondary N) is 1. The average molecular weight is 311 g/mol. The molecule has 1 fully saturated rings. The van der Waals surface area contributed by atoms with Crippen LogP contribution in [0.1, 0.15) is 38.7 Å². The molecule has 21 heavy (non-hydrogen) atoms. The first-order chi connectivity index (χ1) is 9.59. The van der Waals surface area contributed by atoms with Gasteiger partial charge in [0.15, 0.2) is 0 Å². The fraction of sp³-hybridized carbons (Fsp3) is 0.588. The molecule has 4 heteroatoms. The molecule has 1 N–H and O–H groups in total. The van der Waals surface area contributed by atoms with Crippen molar-refractivity contribution >= 4 is 18.3 Å². The highest BCUT2D eigenvalue weighted by molar-refractivity contribution is 5.85. The molecule has 0 saturated carbocycles. The molecule has 0 aromatic heterocycles. The predicted octanol–water partition coefficient (Wildman–Crippen LogP) is 3.06. The lowest BCUT2D eigenvalue weighted by Crippen LogP contribution is -2.52. The van der Waals surface area contributed by atoms with Crippen LogP contribution in [0.25, 0.3) is 0 Å². The fourth-order valence-corrected chi connectivity index (χ4v) is 2.96. The highest BCUT2D eigenvalue weighted by atomic mass is 35.5. The van der Waals surface area contributed by atoms with Gasteiger partial charge in [0, 0.05) is 32.1 Å². The minimum Gasteiger partial charge on any atom is -0.337 e. The highest BCUT2D eigenvalue weighted by Gasteiger charge is 2.27. The number of hydrogen-bond donors (Lipinski definition) is 1. The Balaban J connectivity index is 0.00000220. The van der Waals surface area contributed by atoms with E-state index in [1.54, 1.807) is 0 Å². The maximum absolute atomic E-state index is 12.6. The van der Waals surface area contributed by atoms with Crippen LogP contribution < -0.4 is 5.32 Å². The lowest BCUT2D eigenvalue weighted by atomic mass is 9.85. The molecule has 3 nitrogen and oxygen atoms in total. The topological polar surface area (TPSA) is 32.3 Å². The number of carbonyl (C=O) groups excluding carboxylic acids is 1. The average Bonchev–Trinajstić information content (AvgIpc) is 2.45. The van der Waals surface area contributed by atoms with Crippen molar-refractivity contribution in [3.8, 4) is 0 Å². The molecule has 0 bridgehead atoms. The number of rotatable bonds is 4. The quantitative estimate of drug-likeness (QED) is 0.927. The lowest BCUT2D eigenvalue weighted by Gasteiger charge is -2.35. The summed E-state index contributed by atoms with van der Waals surface area (Å²) in [6.07, 6.45) is 0.617. The SMILES string of the molecule is CC(C)C(CC(=O)N1CCNCC1C)c1ccccc1.Cl. The Hall–Kier alpha value is -1.06. The van der Waals surface area contributed by atoms with Gasteiger partial charge in [-0.05, 0) is 24.3 Å². The highest BCUT2D eigenvalue weighted by Crippen LogP contribution is 2.28. The molecule has 2 rings (SSSR count). The fourth-order valence-electron chi connectivity index (χ4n) is 2.96. The molecule has 1 aliphatic rings. The molecule has 1 aromatic carbocycles. The smallest absolute Gasteiger partial charge is 0.223 e. The van der Waals surface area contributed by atoms with E-state index in [-0.39, 0.29) is 12.4 Å². The van der Waals surface area contributed by atoms with Crippen molar-refractivity contribution in [1.82, 2.24) is 10.2 Å². The number of halogens is 1. The van der Waals surface area contributed by atoms with Gasteiger partial charge >= 0.3 is 0 Å². The van der Waals surface area contributed by atoms with Crippen LogP contribution in [-0.2, 0) is 4.79 Å². The van der Waals surface area contributed by atoms with E-state index in [0.717, 1.165) is 19.6 Å². The van der Waals surface area contributed by atoms with Crippen LogP contribution in [0.5, 0.6) is 0 Å².